The first-order valence-electron chi connectivity index (χ1n) is 4.89. The molecule has 0 aliphatic carbocycles. The van der Waals surface area contributed by atoms with Crippen molar-refractivity contribution in [3.05, 3.63) is 12.2 Å². The van der Waals surface area contributed by atoms with E-state index in [-0.39, 0.29) is 5.57 Å². The maximum absolute atomic E-state index is 11.3. The van der Waals surface area contributed by atoms with Crippen LogP contribution in [0.25, 0.3) is 0 Å². The van der Waals surface area contributed by atoms with Crippen LogP contribution in [0.1, 0.15) is 19.8 Å². The molecular weight excluding hydrogens is 236 g/mol. The van der Waals surface area contributed by atoms with Crippen LogP contribution >= 0.6 is 11.6 Å². The van der Waals surface area contributed by atoms with E-state index in [1.807, 2.05) is 0 Å². The van der Waals surface area contributed by atoms with Gasteiger partial charge in [0.25, 0.3) is 0 Å². The van der Waals surface area contributed by atoms with Crippen LogP contribution in [0.3, 0.4) is 0 Å². The Hall–Kier alpha value is -0.620. The van der Waals surface area contributed by atoms with Crippen molar-refractivity contribution in [3.8, 4) is 0 Å². The van der Waals surface area contributed by atoms with Crippen LogP contribution in [0.4, 0.5) is 0 Å². The zero-order valence-corrected chi connectivity index (χ0v) is 10.1. The first-order chi connectivity index (χ1) is 7.47. The standard InChI is InChI=1S/C10H15ClO5/c1-7(2)9(12)16-10(11,13-3)15-8-5-4-6-14-8/h8H,1,4-6H2,2-3H3. The van der Waals surface area contributed by atoms with Gasteiger partial charge in [-0.2, -0.15) is 0 Å². The highest BCUT2D eigenvalue weighted by atomic mass is 35.5. The van der Waals surface area contributed by atoms with Crippen LogP contribution in [0.5, 0.6) is 0 Å². The molecule has 2 atom stereocenters. The Morgan fingerprint density at radius 3 is 2.75 bits per heavy atom. The van der Waals surface area contributed by atoms with E-state index in [0.29, 0.717) is 13.0 Å². The third-order valence-electron chi connectivity index (χ3n) is 1.97. The molecule has 1 heterocycles. The Labute approximate surface area is 99.2 Å². The van der Waals surface area contributed by atoms with Gasteiger partial charge in [-0.3, -0.25) is 4.74 Å². The molecular formula is C10H15ClO5. The molecule has 0 amide bonds. The molecule has 6 heteroatoms. The Kier molecular flexibility index (Phi) is 4.73. The smallest absolute Gasteiger partial charge is 0.391 e. The quantitative estimate of drug-likeness (QED) is 0.322. The molecule has 0 aromatic carbocycles. The number of carbonyl (C=O) groups is 1. The van der Waals surface area contributed by atoms with Gasteiger partial charge in [0, 0.05) is 25.7 Å². The summed E-state index contributed by atoms with van der Waals surface area (Å²) in [6.45, 7) is 5.52. The van der Waals surface area contributed by atoms with Crippen LogP contribution in [0, 0.1) is 0 Å². The second kappa shape index (κ2) is 5.63. The predicted octanol–water partition coefficient (Wildman–Crippen LogP) is 1.76. The second-order valence-electron chi connectivity index (χ2n) is 3.42. The van der Waals surface area contributed by atoms with Gasteiger partial charge >= 0.3 is 11.4 Å². The summed E-state index contributed by atoms with van der Waals surface area (Å²) < 4.78 is 20.0. The fourth-order valence-corrected chi connectivity index (χ4v) is 1.28. The molecule has 92 valence electrons. The number of alkyl halides is 1. The van der Waals surface area contributed by atoms with Crippen LogP contribution in [0.15, 0.2) is 12.2 Å². The van der Waals surface area contributed by atoms with Gasteiger partial charge in [0.05, 0.1) is 0 Å². The molecule has 2 unspecified atom stereocenters. The summed E-state index contributed by atoms with van der Waals surface area (Å²) >= 11 is 5.83. The Morgan fingerprint density at radius 2 is 2.31 bits per heavy atom. The molecule has 0 radical (unpaired) electrons. The zero-order valence-electron chi connectivity index (χ0n) is 9.32. The summed E-state index contributed by atoms with van der Waals surface area (Å²) in [6.07, 6.45) is 1.04. The molecule has 16 heavy (non-hydrogen) atoms. The highest BCUT2D eigenvalue weighted by molar-refractivity contribution is 6.21. The molecule has 0 aromatic heterocycles. The normalized spacial score (nSPS) is 23.8. The van der Waals surface area contributed by atoms with Gasteiger partial charge in [0.1, 0.15) is 0 Å². The lowest BCUT2D eigenvalue weighted by molar-refractivity contribution is -0.342. The number of hydrogen-bond acceptors (Lipinski definition) is 5. The molecule has 1 rings (SSSR count). The van der Waals surface area contributed by atoms with Crippen LogP contribution < -0.4 is 0 Å². The highest BCUT2D eigenvalue weighted by Crippen LogP contribution is 2.27. The molecule has 0 spiro atoms. The molecule has 0 N–H and O–H groups in total. The predicted molar refractivity (Wildman–Crippen MR) is 56.6 cm³/mol. The highest BCUT2D eigenvalue weighted by Gasteiger charge is 2.38. The van der Waals surface area contributed by atoms with E-state index in [4.69, 9.17) is 30.5 Å². The van der Waals surface area contributed by atoms with E-state index < -0.39 is 17.7 Å². The van der Waals surface area contributed by atoms with Crippen molar-refractivity contribution in [2.45, 2.75) is 31.5 Å². The second-order valence-corrected chi connectivity index (χ2v) is 3.88. The number of halogens is 1. The Balaban J connectivity index is 2.54. The molecule has 0 aromatic rings. The minimum Gasteiger partial charge on any atom is -0.391 e. The van der Waals surface area contributed by atoms with Crippen molar-refractivity contribution in [1.29, 1.82) is 0 Å². The third kappa shape index (κ3) is 3.75. The van der Waals surface area contributed by atoms with Crippen molar-refractivity contribution in [3.63, 3.8) is 0 Å². The molecule has 1 aliphatic rings. The van der Waals surface area contributed by atoms with Gasteiger partial charge in [-0.05, 0) is 24.9 Å². The molecule has 0 bridgehead atoms. The number of carbonyl (C=O) groups excluding carboxylic acids is 1. The summed E-state index contributed by atoms with van der Waals surface area (Å²) in [4.78, 5) is 11.3. The van der Waals surface area contributed by atoms with E-state index in [1.165, 1.54) is 14.0 Å². The van der Waals surface area contributed by atoms with Gasteiger partial charge in [0.15, 0.2) is 6.29 Å². The average molecular weight is 251 g/mol. The largest absolute Gasteiger partial charge is 0.420 e. The Morgan fingerprint density at radius 1 is 1.62 bits per heavy atom. The lowest BCUT2D eigenvalue weighted by atomic mass is 10.4. The van der Waals surface area contributed by atoms with E-state index in [0.717, 1.165) is 6.42 Å². The van der Waals surface area contributed by atoms with Crippen LogP contribution in [0.2, 0.25) is 0 Å². The minimum atomic E-state index is -1.95. The van der Waals surface area contributed by atoms with Crippen molar-refractivity contribution in [2.75, 3.05) is 13.7 Å². The minimum absolute atomic E-state index is 0.206. The average Bonchev–Trinajstić information content (AvgIpc) is 2.70. The molecule has 1 aliphatic heterocycles. The Bertz CT molecular complexity index is 274. The van der Waals surface area contributed by atoms with Crippen molar-refractivity contribution in [2.24, 2.45) is 0 Å². The van der Waals surface area contributed by atoms with Gasteiger partial charge < -0.3 is 14.2 Å². The maximum atomic E-state index is 11.3. The number of ether oxygens (including phenoxy) is 4. The van der Waals surface area contributed by atoms with Crippen molar-refractivity contribution < 1.29 is 23.7 Å². The van der Waals surface area contributed by atoms with Gasteiger partial charge in [-0.1, -0.05) is 6.58 Å². The van der Waals surface area contributed by atoms with E-state index in [2.05, 4.69) is 6.58 Å². The number of methoxy groups -OCH3 is 1. The summed E-state index contributed by atoms with van der Waals surface area (Å²) in [5, 5.41) is 0. The first kappa shape index (κ1) is 13.4. The fraction of sp³-hybridized carbons (Fsp3) is 0.700. The number of hydrogen-bond donors (Lipinski definition) is 0. The fourth-order valence-electron chi connectivity index (χ4n) is 1.11. The molecule has 1 fully saturated rings. The van der Waals surface area contributed by atoms with Crippen LogP contribution in [-0.4, -0.2) is 31.4 Å². The zero-order chi connectivity index (χ0) is 12.2. The van der Waals surface area contributed by atoms with E-state index in [1.54, 1.807) is 0 Å². The summed E-state index contributed by atoms with van der Waals surface area (Å²) in [5.41, 5.74) is -1.75. The number of esters is 1. The van der Waals surface area contributed by atoms with Gasteiger partial charge in [-0.15, -0.1) is 0 Å². The van der Waals surface area contributed by atoms with Gasteiger partial charge in [-0.25, -0.2) is 4.79 Å². The van der Waals surface area contributed by atoms with Crippen molar-refractivity contribution >= 4 is 17.6 Å². The number of rotatable bonds is 5. The van der Waals surface area contributed by atoms with E-state index >= 15 is 0 Å². The molecule has 0 saturated carbocycles. The SMILES string of the molecule is C=C(C)C(=O)OC(Cl)(OC)OC1CCCO1. The summed E-state index contributed by atoms with van der Waals surface area (Å²) in [6, 6.07) is 0. The summed E-state index contributed by atoms with van der Waals surface area (Å²) in [7, 11) is 1.27. The first-order valence-corrected chi connectivity index (χ1v) is 5.27. The van der Waals surface area contributed by atoms with Gasteiger partial charge in [0.2, 0.25) is 0 Å². The summed E-state index contributed by atoms with van der Waals surface area (Å²) in [5.74, 6) is -0.685. The lowest BCUT2D eigenvalue weighted by Crippen LogP contribution is -2.38. The monoisotopic (exact) mass is 250 g/mol. The third-order valence-corrected chi connectivity index (χ3v) is 2.29. The molecule has 5 nitrogen and oxygen atoms in total. The van der Waals surface area contributed by atoms with Crippen LogP contribution in [-0.2, 0) is 23.7 Å². The van der Waals surface area contributed by atoms with E-state index in [9.17, 15) is 4.79 Å². The lowest BCUT2D eigenvalue weighted by Gasteiger charge is -2.26. The molecule has 1 saturated heterocycles. The maximum Gasteiger partial charge on any atom is 0.420 e. The topological polar surface area (TPSA) is 54.0 Å². The van der Waals surface area contributed by atoms with Crippen molar-refractivity contribution in [1.82, 2.24) is 0 Å².